The van der Waals surface area contributed by atoms with Crippen molar-refractivity contribution < 1.29 is 18.1 Å². The Balaban J connectivity index is 2.01. The van der Waals surface area contributed by atoms with Crippen LogP contribution in [0.3, 0.4) is 0 Å². The number of methoxy groups -OCH3 is 1. The zero-order chi connectivity index (χ0) is 15.2. The van der Waals surface area contributed by atoms with Gasteiger partial charge in [-0.1, -0.05) is 18.2 Å². The van der Waals surface area contributed by atoms with Crippen LogP contribution in [0, 0.1) is 5.82 Å². The molecule has 0 aliphatic carbocycles. The first-order chi connectivity index (χ1) is 10.1. The second kappa shape index (κ2) is 6.99. The summed E-state index contributed by atoms with van der Waals surface area (Å²) in [6.45, 7) is 0. The number of halogens is 1. The quantitative estimate of drug-likeness (QED) is 0.923. The third-order valence-electron chi connectivity index (χ3n) is 2.70. The van der Waals surface area contributed by atoms with E-state index in [2.05, 4.69) is 5.32 Å². The number of ether oxygens (including phenoxy) is 1. The average molecular weight is 307 g/mol. The molecule has 0 fully saturated rings. The Hall–Kier alpha value is -2.21. The minimum Gasteiger partial charge on any atom is -0.497 e. The lowest BCUT2D eigenvalue weighted by Crippen LogP contribution is -2.20. The van der Waals surface area contributed by atoms with Crippen molar-refractivity contribution in [2.24, 2.45) is 0 Å². The number of carbonyl (C=O) groups excluding carboxylic acids is 1. The normalized spacial score (nSPS) is 11.7. The third kappa shape index (κ3) is 4.13. The number of hydrogen-bond acceptors (Lipinski definition) is 3. The lowest BCUT2D eigenvalue weighted by Gasteiger charge is -2.07. The molecule has 0 heterocycles. The summed E-state index contributed by atoms with van der Waals surface area (Å²) in [5.41, 5.74) is 0.532. The highest BCUT2D eigenvalue weighted by atomic mass is 32.2. The van der Waals surface area contributed by atoms with Gasteiger partial charge in [0, 0.05) is 11.8 Å². The summed E-state index contributed by atoms with van der Waals surface area (Å²) in [7, 11) is -0.202. The summed E-state index contributed by atoms with van der Waals surface area (Å²) in [4.78, 5) is 11.9. The van der Waals surface area contributed by atoms with E-state index in [4.69, 9.17) is 4.74 Å². The number of amides is 1. The number of benzene rings is 2. The first kappa shape index (κ1) is 15.2. The highest BCUT2D eigenvalue weighted by Crippen LogP contribution is 2.17. The van der Waals surface area contributed by atoms with Crippen LogP contribution in [-0.4, -0.2) is 23.0 Å². The Labute approximate surface area is 124 Å². The standard InChI is InChI=1S/C15H14FNO3S/c1-20-12-6-4-5-11(9-12)17-15(18)10-21(19)14-8-3-2-7-13(14)16/h2-9H,10H2,1H3,(H,17,18). The number of carbonyl (C=O) groups is 1. The van der Waals surface area contributed by atoms with Crippen molar-refractivity contribution in [2.45, 2.75) is 4.90 Å². The van der Waals surface area contributed by atoms with Gasteiger partial charge in [-0.05, 0) is 24.3 Å². The maximum absolute atomic E-state index is 13.5. The molecule has 4 nitrogen and oxygen atoms in total. The Morgan fingerprint density at radius 2 is 2.00 bits per heavy atom. The molecular formula is C15H14FNO3S. The molecule has 1 amide bonds. The van der Waals surface area contributed by atoms with Crippen LogP contribution in [0.4, 0.5) is 10.1 Å². The van der Waals surface area contributed by atoms with E-state index in [-0.39, 0.29) is 10.6 Å². The predicted octanol–water partition coefficient (Wildman–Crippen LogP) is 2.58. The van der Waals surface area contributed by atoms with Gasteiger partial charge in [-0.15, -0.1) is 0 Å². The summed E-state index contributed by atoms with van der Waals surface area (Å²) in [5, 5.41) is 2.60. The van der Waals surface area contributed by atoms with E-state index < -0.39 is 22.5 Å². The molecule has 0 aromatic heterocycles. The molecule has 0 saturated carbocycles. The molecule has 0 spiro atoms. The monoisotopic (exact) mass is 307 g/mol. The predicted molar refractivity (Wildman–Crippen MR) is 79.3 cm³/mol. The van der Waals surface area contributed by atoms with Gasteiger partial charge in [-0.2, -0.15) is 0 Å². The molecule has 0 aliphatic heterocycles. The maximum atomic E-state index is 13.5. The fraction of sp³-hybridized carbons (Fsp3) is 0.133. The van der Waals surface area contributed by atoms with Crippen molar-refractivity contribution in [3.63, 3.8) is 0 Å². The van der Waals surface area contributed by atoms with E-state index >= 15 is 0 Å². The largest absolute Gasteiger partial charge is 0.497 e. The van der Waals surface area contributed by atoms with Gasteiger partial charge in [-0.25, -0.2) is 4.39 Å². The van der Waals surface area contributed by atoms with Gasteiger partial charge in [0.15, 0.2) is 0 Å². The second-order valence-corrected chi connectivity index (χ2v) is 5.62. The van der Waals surface area contributed by atoms with E-state index in [0.717, 1.165) is 0 Å². The van der Waals surface area contributed by atoms with Gasteiger partial charge in [0.2, 0.25) is 5.91 Å². The van der Waals surface area contributed by atoms with Crippen LogP contribution < -0.4 is 10.1 Å². The van der Waals surface area contributed by atoms with Crippen LogP contribution in [-0.2, 0) is 15.6 Å². The van der Waals surface area contributed by atoms with E-state index in [1.54, 1.807) is 30.3 Å². The van der Waals surface area contributed by atoms with Gasteiger partial charge >= 0.3 is 0 Å². The molecular weight excluding hydrogens is 293 g/mol. The second-order valence-electron chi connectivity index (χ2n) is 4.20. The fourth-order valence-electron chi connectivity index (χ4n) is 1.72. The SMILES string of the molecule is COc1cccc(NC(=O)CS(=O)c2ccccc2F)c1. The van der Waals surface area contributed by atoms with Crippen molar-refractivity contribution in [3.05, 3.63) is 54.3 Å². The van der Waals surface area contributed by atoms with Gasteiger partial charge in [0.05, 0.1) is 22.8 Å². The van der Waals surface area contributed by atoms with Crippen LogP contribution in [0.5, 0.6) is 5.75 Å². The molecule has 0 aliphatic rings. The first-order valence-corrected chi connectivity index (χ1v) is 7.49. The van der Waals surface area contributed by atoms with Crippen LogP contribution >= 0.6 is 0 Å². The molecule has 6 heteroatoms. The number of anilines is 1. The summed E-state index contributed by atoms with van der Waals surface area (Å²) in [5.74, 6) is -0.740. The molecule has 2 rings (SSSR count). The zero-order valence-corrected chi connectivity index (χ0v) is 12.2. The van der Waals surface area contributed by atoms with Crippen LogP contribution in [0.15, 0.2) is 53.4 Å². The molecule has 1 N–H and O–H groups in total. The smallest absolute Gasteiger partial charge is 0.237 e. The number of rotatable bonds is 5. The Morgan fingerprint density at radius 3 is 2.71 bits per heavy atom. The van der Waals surface area contributed by atoms with Crippen LogP contribution in [0.1, 0.15) is 0 Å². The molecule has 0 saturated heterocycles. The zero-order valence-electron chi connectivity index (χ0n) is 11.3. The topological polar surface area (TPSA) is 55.4 Å². The molecule has 2 aromatic carbocycles. The number of hydrogen-bond donors (Lipinski definition) is 1. The van der Waals surface area contributed by atoms with Crippen LogP contribution in [0.25, 0.3) is 0 Å². The van der Waals surface area contributed by atoms with Gasteiger partial charge in [-0.3, -0.25) is 9.00 Å². The molecule has 0 radical (unpaired) electrons. The fourth-order valence-corrected chi connectivity index (χ4v) is 2.71. The van der Waals surface area contributed by atoms with Crippen LogP contribution in [0.2, 0.25) is 0 Å². The Kier molecular flexibility index (Phi) is 5.05. The summed E-state index contributed by atoms with van der Waals surface area (Å²) in [6.07, 6.45) is 0. The molecule has 110 valence electrons. The summed E-state index contributed by atoms with van der Waals surface area (Å²) in [6, 6.07) is 12.5. The summed E-state index contributed by atoms with van der Waals surface area (Å²) < 4.78 is 30.5. The van der Waals surface area contributed by atoms with Crippen molar-refractivity contribution >= 4 is 22.4 Å². The van der Waals surface area contributed by atoms with E-state index in [1.807, 2.05) is 0 Å². The minimum absolute atomic E-state index is 0.0262. The lowest BCUT2D eigenvalue weighted by molar-refractivity contribution is -0.113. The third-order valence-corrected chi connectivity index (χ3v) is 4.04. The molecule has 1 unspecified atom stereocenters. The van der Waals surface area contributed by atoms with Crippen molar-refractivity contribution in [1.29, 1.82) is 0 Å². The Bertz CT molecular complexity index is 675. The molecule has 0 bridgehead atoms. The van der Waals surface area contributed by atoms with Crippen molar-refractivity contribution in [1.82, 2.24) is 0 Å². The highest BCUT2D eigenvalue weighted by Gasteiger charge is 2.14. The van der Waals surface area contributed by atoms with E-state index in [0.29, 0.717) is 11.4 Å². The highest BCUT2D eigenvalue weighted by molar-refractivity contribution is 7.85. The van der Waals surface area contributed by atoms with Gasteiger partial charge in [0.25, 0.3) is 0 Å². The van der Waals surface area contributed by atoms with E-state index in [1.165, 1.54) is 25.3 Å². The van der Waals surface area contributed by atoms with Crippen molar-refractivity contribution in [2.75, 3.05) is 18.2 Å². The maximum Gasteiger partial charge on any atom is 0.237 e. The number of nitrogens with one attached hydrogen (secondary N) is 1. The van der Waals surface area contributed by atoms with Gasteiger partial charge in [0.1, 0.15) is 17.3 Å². The molecule has 2 aromatic rings. The van der Waals surface area contributed by atoms with Crippen molar-refractivity contribution in [3.8, 4) is 5.75 Å². The first-order valence-electron chi connectivity index (χ1n) is 6.17. The van der Waals surface area contributed by atoms with E-state index in [9.17, 15) is 13.4 Å². The Morgan fingerprint density at radius 1 is 1.24 bits per heavy atom. The summed E-state index contributed by atoms with van der Waals surface area (Å²) >= 11 is 0. The average Bonchev–Trinajstić information content (AvgIpc) is 2.47. The van der Waals surface area contributed by atoms with Gasteiger partial charge < -0.3 is 10.1 Å². The minimum atomic E-state index is -1.72. The molecule has 21 heavy (non-hydrogen) atoms. The lowest BCUT2D eigenvalue weighted by atomic mass is 10.3. The molecule has 1 atom stereocenters.